The minimum Gasteiger partial charge on any atom is -0.369 e. The van der Waals surface area contributed by atoms with Gasteiger partial charge in [0.25, 0.3) is 0 Å². The number of hydrogen-bond acceptors (Lipinski definition) is 4. The number of aromatic nitrogens is 2. The van der Waals surface area contributed by atoms with Gasteiger partial charge in [-0.1, -0.05) is 30.3 Å². The molecule has 0 atom stereocenters. The van der Waals surface area contributed by atoms with Gasteiger partial charge in [-0.25, -0.2) is 19.2 Å². The highest BCUT2D eigenvalue weighted by molar-refractivity contribution is 5.93. The lowest BCUT2D eigenvalue weighted by molar-refractivity contribution is -0.138. The van der Waals surface area contributed by atoms with Crippen molar-refractivity contribution < 1.29 is 22.4 Å². The van der Waals surface area contributed by atoms with Crippen molar-refractivity contribution in [1.82, 2.24) is 14.9 Å². The van der Waals surface area contributed by atoms with E-state index in [1.807, 2.05) is 17.9 Å². The summed E-state index contributed by atoms with van der Waals surface area (Å²) in [6.45, 7) is 3.00. The third-order valence-corrected chi connectivity index (χ3v) is 6.90. The fraction of sp³-hybridized carbons (Fsp3) is 0.346. The molecule has 0 bridgehead atoms. The van der Waals surface area contributed by atoms with Crippen molar-refractivity contribution in [2.45, 2.75) is 45.1 Å². The molecule has 3 aromatic rings. The lowest BCUT2D eigenvalue weighted by Gasteiger charge is -2.44. The summed E-state index contributed by atoms with van der Waals surface area (Å²) in [6, 6.07) is 9.71. The van der Waals surface area contributed by atoms with Gasteiger partial charge in [-0.2, -0.15) is 13.2 Å². The molecule has 0 N–H and O–H groups in total. The van der Waals surface area contributed by atoms with Crippen molar-refractivity contribution in [2.24, 2.45) is 0 Å². The summed E-state index contributed by atoms with van der Waals surface area (Å²) in [4.78, 5) is 26.9. The summed E-state index contributed by atoms with van der Waals surface area (Å²) in [6.07, 6.45) is -0.436. The van der Waals surface area contributed by atoms with Gasteiger partial charge in [0.1, 0.15) is 18.0 Å². The number of amides is 2. The molecule has 3 heterocycles. The number of aryl methyl sites for hydroxylation is 1. The van der Waals surface area contributed by atoms with E-state index >= 15 is 0 Å². The van der Waals surface area contributed by atoms with Gasteiger partial charge in [0.05, 0.1) is 24.3 Å². The number of urea groups is 1. The van der Waals surface area contributed by atoms with Gasteiger partial charge in [-0.05, 0) is 43.0 Å². The SMILES string of the molecule is Cc1cccc(F)c1N1CCC(N2Cc3cncnc3N(Cc3ccccc3C(F)(F)F)C2=O)CC1. The molecule has 1 saturated heterocycles. The first-order chi connectivity index (χ1) is 17.2. The first-order valence-corrected chi connectivity index (χ1v) is 11.8. The van der Waals surface area contributed by atoms with Crippen LogP contribution < -0.4 is 9.80 Å². The molecule has 0 radical (unpaired) electrons. The Hall–Kier alpha value is -3.69. The zero-order valence-electron chi connectivity index (χ0n) is 19.7. The van der Waals surface area contributed by atoms with Crippen LogP contribution in [0.4, 0.5) is 33.9 Å². The fourth-order valence-corrected chi connectivity index (χ4v) is 5.16. The Balaban J connectivity index is 1.39. The fourth-order valence-electron chi connectivity index (χ4n) is 5.16. The maximum atomic E-state index is 14.5. The lowest BCUT2D eigenvalue weighted by Crippen LogP contribution is -2.54. The van der Waals surface area contributed by atoms with Crippen LogP contribution in [0, 0.1) is 12.7 Å². The van der Waals surface area contributed by atoms with E-state index < -0.39 is 17.8 Å². The van der Waals surface area contributed by atoms with E-state index in [9.17, 15) is 22.4 Å². The minimum atomic E-state index is -4.54. The summed E-state index contributed by atoms with van der Waals surface area (Å²) in [5, 5.41) is 0. The molecule has 6 nitrogen and oxygen atoms in total. The van der Waals surface area contributed by atoms with Crippen LogP contribution in [0.25, 0.3) is 0 Å². The van der Waals surface area contributed by atoms with Crippen LogP contribution in [0.15, 0.2) is 55.0 Å². The second-order valence-corrected chi connectivity index (χ2v) is 9.15. The zero-order valence-corrected chi connectivity index (χ0v) is 19.7. The zero-order chi connectivity index (χ0) is 25.4. The molecule has 0 saturated carbocycles. The highest BCUT2D eigenvalue weighted by Gasteiger charge is 2.39. The molecule has 1 aromatic heterocycles. The summed E-state index contributed by atoms with van der Waals surface area (Å²) in [7, 11) is 0. The predicted octanol–water partition coefficient (Wildman–Crippen LogP) is 5.55. The Kier molecular flexibility index (Phi) is 6.27. The second kappa shape index (κ2) is 9.40. The van der Waals surface area contributed by atoms with Crippen molar-refractivity contribution in [3.63, 3.8) is 0 Å². The van der Waals surface area contributed by atoms with Gasteiger partial charge >= 0.3 is 12.2 Å². The molecule has 0 aliphatic carbocycles. The molecular formula is C26H25F4N5O. The quantitative estimate of drug-likeness (QED) is 0.442. The second-order valence-electron chi connectivity index (χ2n) is 9.15. The van der Waals surface area contributed by atoms with E-state index in [4.69, 9.17) is 0 Å². The number of benzene rings is 2. The number of anilines is 2. The number of halogens is 4. The predicted molar refractivity (Wildman–Crippen MR) is 127 cm³/mol. The summed E-state index contributed by atoms with van der Waals surface area (Å²) in [5.41, 5.74) is 1.32. The number of hydrogen-bond donors (Lipinski definition) is 0. The van der Waals surface area contributed by atoms with Crippen LogP contribution in [-0.4, -0.2) is 40.0 Å². The largest absolute Gasteiger partial charge is 0.416 e. The third kappa shape index (κ3) is 4.47. The lowest BCUT2D eigenvalue weighted by atomic mass is 9.99. The highest BCUT2D eigenvalue weighted by Crippen LogP contribution is 2.36. The van der Waals surface area contributed by atoms with E-state index in [-0.39, 0.29) is 30.5 Å². The average molecular weight is 500 g/mol. The van der Waals surface area contributed by atoms with Gasteiger partial charge in [0.15, 0.2) is 0 Å². The third-order valence-electron chi connectivity index (χ3n) is 6.90. The molecule has 0 spiro atoms. The Morgan fingerprint density at radius 2 is 1.81 bits per heavy atom. The van der Waals surface area contributed by atoms with Crippen molar-refractivity contribution in [3.05, 3.63) is 83.1 Å². The van der Waals surface area contributed by atoms with Gasteiger partial charge in [-0.15, -0.1) is 0 Å². The minimum absolute atomic E-state index is 0.00499. The summed E-state index contributed by atoms with van der Waals surface area (Å²) < 4.78 is 55.4. The number of para-hydroxylation sites is 1. The number of carbonyl (C=O) groups is 1. The number of nitrogens with zero attached hydrogens (tertiary/aromatic N) is 5. The number of carbonyl (C=O) groups excluding carboxylic acids is 1. The maximum Gasteiger partial charge on any atom is 0.416 e. The molecule has 2 amide bonds. The van der Waals surface area contributed by atoms with Crippen LogP contribution in [0.2, 0.25) is 0 Å². The highest BCUT2D eigenvalue weighted by atomic mass is 19.4. The van der Waals surface area contributed by atoms with Crippen molar-refractivity contribution in [1.29, 1.82) is 0 Å². The Morgan fingerprint density at radius 3 is 2.53 bits per heavy atom. The number of alkyl halides is 3. The smallest absolute Gasteiger partial charge is 0.369 e. The molecule has 1 fully saturated rings. The van der Waals surface area contributed by atoms with Gasteiger partial charge in [-0.3, -0.25) is 4.90 Å². The van der Waals surface area contributed by atoms with Crippen molar-refractivity contribution in [2.75, 3.05) is 22.9 Å². The van der Waals surface area contributed by atoms with Crippen LogP contribution in [-0.2, 0) is 19.3 Å². The van der Waals surface area contributed by atoms with Crippen LogP contribution in [0.3, 0.4) is 0 Å². The topological polar surface area (TPSA) is 52.6 Å². The van der Waals surface area contributed by atoms with E-state index in [1.165, 1.54) is 35.5 Å². The maximum absolute atomic E-state index is 14.5. The van der Waals surface area contributed by atoms with E-state index in [2.05, 4.69) is 9.97 Å². The number of fused-ring (bicyclic) bond motifs is 1. The average Bonchev–Trinajstić information content (AvgIpc) is 2.86. The van der Waals surface area contributed by atoms with E-state index in [0.717, 1.165) is 11.6 Å². The first-order valence-electron chi connectivity index (χ1n) is 11.8. The molecular weight excluding hydrogens is 474 g/mol. The number of rotatable bonds is 4. The van der Waals surface area contributed by atoms with Crippen LogP contribution >= 0.6 is 0 Å². The molecule has 5 rings (SSSR count). The van der Waals surface area contributed by atoms with Gasteiger partial charge < -0.3 is 9.80 Å². The van der Waals surface area contributed by atoms with Crippen LogP contribution in [0.5, 0.6) is 0 Å². The first kappa shape index (κ1) is 24.0. The van der Waals surface area contributed by atoms with Crippen molar-refractivity contribution in [3.8, 4) is 0 Å². The van der Waals surface area contributed by atoms with Crippen molar-refractivity contribution >= 4 is 17.5 Å². The Morgan fingerprint density at radius 1 is 1.06 bits per heavy atom. The molecule has 2 aromatic carbocycles. The monoisotopic (exact) mass is 499 g/mol. The molecule has 188 valence electrons. The number of piperidine rings is 1. The molecule has 2 aliphatic heterocycles. The molecule has 10 heteroatoms. The molecule has 36 heavy (non-hydrogen) atoms. The summed E-state index contributed by atoms with van der Waals surface area (Å²) in [5.74, 6) is 0.0470. The van der Waals surface area contributed by atoms with Gasteiger partial charge in [0, 0.05) is 30.9 Å². The standard InChI is InChI=1S/C26H25F4N5O/c1-17-5-4-8-22(27)23(17)33-11-9-20(10-12-33)34-15-19-13-31-16-32-24(19)35(25(34)36)14-18-6-2-3-7-21(18)26(28,29)30/h2-8,13,16,20H,9-12,14-15H2,1H3. The normalized spacial score (nSPS) is 16.9. The van der Waals surface area contributed by atoms with Crippen LogP contribution in [0.1, 0.15) is 35.1 Å². The van der Waals surface area contributed by atoms with Gasteiger partial charge in [0.2, 0.25) is 0 Å². The molecule has 0 unspecified atom stereocenters. The van der Waals surface area contributed by atoms with E-state index in [0.29, 0.717) is 43.0 Å². The van der Waals surface area contributed by atoms with E-state index in [1.54, 1.807) is 17.2 Å². The Bertz CT molecular complexity index is 1250. The summed E-state index contributed by atoms with van der Waals surface area (Å²) >= 11 is 0. The molecule has 2 aliphatic rings. The Labute approximate surface area is 206 Å².